The van der Waals surface area contributed by atoms with Gasteiger partial charge in [0, 0.05) is 11.9 Å². The fraction of sp³-hybridized carbons (Fsp3) is 0.333. The Hall–Kier alpha value is -3.22. The van der Waals surface area contributed by atoms with E-state index in [0.717, 1.165) is 17.7 Å². The number of carbonyl (C=O) groups excluding carboxylic acids is 1. The number of anilines is 1. The van der Waals surface area contributed by atoms with Crippen LogP contribution in [-0.4, -0.2) is 27.0 Å². The van der Waals surface area contributed by atoms with Gasteiger partial charge in [0.1, 0.15) is 11.6 Å². The summed E-state index contributed by atoms with van der Waals surface area (Å²) in [7, 11) is 0. The number of para-hydroxylation sites is 1. The molecule has 3 aromatic rings. The third kappa shape index (κ3) is 3.74. The number of aromatic nitrogens is 3. The Morgan fingerprint density at radius 3 is 2.68 bits per heavy atom. The zero-order chi connectivity index (χ0) is 20.1. The van der Waals surface area contributed by atoms with Crippen LogP contribution >= 0.6 is 0 Å². The minimum Gasteiger partial charge on any atom is -0.474 e. The zero-order valence-corrected chi connectivity index (χ0v) is 16.3. The van der Waals surface area contributed by atoms with Crippen molar-refractivity contribution >= 4 is 22.8 Å². The van der Waals surface area contributed by atoms with Crippen LogP contribution in [0.2, 0.25) is 0 Å². The van der Waals surface area contributed by atoms with Gasteiger partial charge in [-0.3, -0.25) is 14.2 Å². The molecule has 2 heterocycles. The average molecular weight is 380 g/mol. The Morgan fingerprint density at radius 2 is 1.96 bits per heavy atom. The van der Waals surface area contributed by atoms with Crippen molar-refractivity contribution in [3.8, 4) is 5.88 Å². The van der Waals surface area contributed by atoms with Gasteiger partial charge in [-0.2, -0.15) is 0 Å². The van der Waals surface area contributed by atoms with E-state index < -0.39 is 11.6 Å². The molecule has 3 rings (SSSR count). The molecule has 0 bridgehead atoms. The summed E-state index contributed by atoms with van der Waals surface area (Å²) in [5.74, 6) is -0.297. The fourth-order valence-corrected chi connectivity index (χ4v) is 3.19. The maximum absolute atomic E-state index is 13.1. The highest BCUT2D eigenvalue weighted by Gasteiger charge is 2.25. The lowest BCUT2D eigenvalue weighted by Gasteiger charge is -2.20. The highest BCUT2D eigenvalue weighted by atomic mass is 16.5. The summed E-state index contributed by atoms with van der Waals surface area (Å²) < 4.78 is 6.80. The van der Waals surface area contributed by atoms with Crippen molar-refractivity contribution < 1.29 is 9.53 Å². The van der Waals surface area contributed by atoms with Crippen molar-refractivity contribution in [2.75, 3.05) is 11.9 Å². The summed E-state index contributed by atoms with van der Waals surface area (Å²) in [5, 5.41) is 2.97. The fourth-order valence-electron chi connectivity index (χ4n) is 3.19. The van der Waals surface area contributed by atoms with Crippen molar-refractivity contribution in [3.05, 3.63) is 58.5 Å². The molecule has 1 aromatic carbocycles. The van der Waals surface area contributed by atoms with E-state index in [-0.39, 0.29) is 11.8 Å². The lowest BCUT2D eigenvalue weighted by molar-refractivity contribution is -0.119. The number of pyridine rings is 1. The van der Waals surface area contributed by atoms with Crippen LogP contribution in [0.1, 0.15) is 38.8 Å². The summed E-state index contributed by atoms with van der Waals surface area (Å²) >= 11 is 0. The molecule has 7 nitrogen and oxygen atoms in total. The minimum atomic E-state index is -0.739. The van der Waals surface area contributed by atoms with Crippen molar-refractivity contribution in [3.63, 3.8) is 0 Å². The normalized spacial score (nSPS) is 12.0. The molecule has 7 heteroatoms. The van der Waals surface area contributed by atoms with Crippen LogP contribution in [0.3, 0.4) is 0 Å². The minimum absolute atomic E-state index is 0.0248. The molecule has 0 saturated heterocycles. The second-order valence-corrected chi connectivity index (χ2v) is 6.30. The van der Waals surface area contributed by atoms with Gasteiger partial charge < -0.3 is 10.1 Å². The Bertz CT molecular complexity index is 1050. The van der Waals surface area contributed by atoms with E-state index in [1.54, 1.807) is 25.3 Å². The van der Waals surface area contributed by atoms with Crippen LogP contribution in [-0.2, 0) is 11.2 Å². The van der Waals surface area contributed by atoms with Gasteiger partial charge in [-0.25, -0.2) is 9.97 Å². The molecular formula is C21H24N4O3. The standard InChI is InChI=1S/C21H24N4O3/c1-4-14-10-7-8-11-15(14)23-19(26)17(5-2)25-18-16(12-9-13-22-18)24-20(21(25)27)28-6-3/h7-13,17H,4-6H2,1-3H3,(H,23,26). The van der Waals surface area contributed by atoms with Crippen LogP contribution in [0.4, 0.5) is 5.69 Å². The second-order valence-electron chi connectivity index (χ2n) is 6.30. The molecule has 2 aromatic heterocycles. The van der Waals surface area contributed by atoms with Gasteiger partial charge in [-0.05, 0) is 43.5 Å². The molecule has 0 aliphatic carbocycles. The molecule has 0 aliphatic heterocycles. The van der Waals surface area contributed by atoms with E-state index in [9.17, 15) is 9.59 Å². The van der Waals surface area contributed by atoms with Crippen molar-refractivity contribution in [1.82, 2.24) is 14.5 Å². The molecule has 0 aliphatic rings. The van der Waals surface area contributed by atoms with Gasteiger partial charge in [0.2, 0.25) is 5.91 Å². The Morgan fingerprint density at radius 1 is 1.18 bits per heavy atom. The molecule has 1 atom stereocenters. The van der Waals surface area contributed by atoms with Gasteiger partial charge in [0.05, 0.1) is 6.61 Å². The van der Waals surface area contributed by atoms with Gasteiger partial charge in [-0.15, -0.1) is 0 Å². The lowest BCUT2D eigenvalue weighted by Crippen LogP contribution is -2.35. The molecule has 1 amide bonds. The number of benzene rings is 1. The predicted octanol–water partition coefficient (Wildman–Crippen LogP) is 3.34. The van der Waals surface area contributed by atoms with Gasteiger partial charge in [-0.1, -0.05) is 32.0 Å². The Balaban J connectivity index is 2.09. The molecule has 0 fully saturated rings. The molecule has 1 unspecified atom stereocenters. The molecule has 1 N–H and O–H groups in total. The number of rotatable bonds is 7. The highest BCUT2D eigenvalue weighted by molar-refractivity contribution is 5.95. The number of nitrogens with one attached hydrogen (secondary N) is 1. The molecule has 28 heavy (non-hydrogen) atoms. The number of nitrogens with zero attached hydrogens (tertiary/aromatic N) is 3. The maximum atomic E-state index is 13.1. The Kier molecular flexibility index (Phi) is 6.03. The van der Waals surface area contributed by atoms with Gasteiger partial charge in [0.15, 0.2) is 5.65 Å². The molecule has 146 valence electrons. The van der Waals surface area contributed by atoms with Crippen LogP contribution in [0.5, 0.6) is 5.88 Å². The highest BCUT2D eigenvalue weighted by Crippen LogP contribution is 2.22. The van der Waals surface area contributed by atoms with E-state index >= 15 is 0 Å². The first kappa shape index (κ1) is 19.5. The van der Waals surface area contributed by atoms with E-state index in [1.165, 1.54) is 4.57 Å². The maximum Gasteiger partial charge on any atom is 0.315 e. The predicted molar refractivity (Wildman–Crippen MR) is 109 cm³/mol. The van der Waals surface area contributed by atoms with Crippen LogP contribution < -0.4 is 15.6 Å². The topological polar surface area (TPSA) is 86.1 Å². The summed E-state index contributed by atoms with van der Waals surface area (Å²) in [6.07, 6.45) is 2.79. The lowest BCUT2D eigenvalue weighted by atomic mass is 10.1. The summed E-state index contributed by atoms with van der Waals surface area (Å²) in [6.45, 7) is 5.98. The first-order valence-electron chi connectivity index (χ1n) is 9.49. The number of hydrogen-bond donors (Lipinski definition) is 1. The molecule has 0 saturated carbocycles. The largest absolute Gasteiger partial charge is 0.474 e. The molecular weight excluding hydrogens is 356 g/mol. The SMILES string of the molecule is CCOc1nc2cccnc2n(C(CC)C(=O)Nc2ccccc2CC)c1=O. The van der Waals surface area contributed by atoms with Crippen LogP contribution in [0, 0.1) is 0 Å². The first-order valence-corrected chi connectivity index (χ1v) is 9.49. The first-order chi connectivity index (χ1) is 13.6. The summed E-state index contributed by atoms with van der Waals surface area (Å²) in [5.41, 5.74) is 2.19. The monoisotopic (exact) mass is 380 g/mol. The van der Waals surface area contributed by atoms with E-state index in [0.29, 0.717) is 24.2 Å². The number of fused-ring (bicyclic) bond motifs is 1. The van der Waals surface area contributed by atoms with Crippen molar-refractivity contribution in [1.29, 1.82) is 0 Å². The number of amides is 1. The molecule has 0 spiro atoms. The quantitative estimate of drug-likeness (QED) is 0.679. The van der Waals surface area contributed by atoms with Crippen LogP contribution in [0.15, 0.2) is 47.4 Å². The summed E-state index contributed by atoms with van der Waals surface area (Å²) in [6, 6.07) is 10.4. The number of ether oxygens (including phenoxy) is 1. The number of aryl methyl sites for hydroxylation is 1. The third-order valence-electron chi connectivity index (χ3n) is 4.56. The van der Waals surface area contributed by atoms with E-state index in [1.807, 2.05) is 38.1 Å². The van der Waals surface area contributed by atoms with Crippen LogP contribution in [0.25, 0.3) is 11.2 Å². The van der Waals surface area contributed by atoms with Crippen molar-refractivity contribution in [2.24, 2.45) is 0 Å². The number of hydrogen-bond acceptors (Lipinski definition) is 5. The van der Waals surface area contributed by atoms with E-state index in [2.05, 4.69) is 15.3 Å². The van der Waals surface area contributed by atoms with Crippen molar-refractivity contribution in [2.45, 2.75) is 39.7 Å². The van der Waals surface area contributed by atoms with Gasteiger partial charge in [0.25, 0.3) is 5.88 Å². The third-order valence-corrected chi connectivity index (χ3v) is 4.56. The zero-order valence-electron chi connectivity index (χ0n) is 16.3. The average Bonchev–Trinajstić information content (AvgIpc) is 2.71. The second kappa shape index (κ2) is 8.65. The Labute approximate surface area is 163 Å². The van der Waals surface area contributed by atoms with E-state index in [4.69, 9.17) is 4.74 Å². The van der Waals surface area contributed by atoms with Gasteiger partial charge >= 0.3 is 5.56 Å². The smallest absolute Gasteiger partial charge is 0.315 e. The molecule has 0 radical (unpaired) electrons. The summed E-state index contributed by atoms with van der Waals surface area (Å²) in [4.78, 5) is 34.7. The number of carbonyl (C=O) groups is 1.